The van der Waals surface area contributed by atoms with Crippen LogP contribution < -0.4 is 11.1 Å². The molecule has 92 valence electrons. The highest BCUT2D eigenvalue weighted by Gasteiger charge is 2.06. The Hall–Kier alpha value is -2.08. The van der Waals surface area contributed by atoms with E-state index in [1.54, 1.807) is 12.1 Å². The highest BCUT2D eigenvalue weighted by Crippen LogP contribution is 2.21. The van der Waals surface area contributed by atoms with E-state index in [1.807, 2.05) is 18.4 Å². The first-order valence-electron chi connectivity index (χ1n) is 5.21. The summed E-state index contributed by atoms with van der Waals surface area (Å²) >= 11 is 1.41. The molecule has 0 aliphatic rings. The number of thioether (sulfide) groups is 1. The van der Waals surface area contributed by atoms with E-state index in [1.165, 1.54) is 18.0 Å². The lowest BCUT2D eigenvalue weighted by molar-refractivity contribution is 0.112. The number of carbonyl (C=O) groups excluding carboxylic acids is 1. The molecule has 6 heteroatoms. The molecular weight excluding hydrogens is 248 g/mol. The smallest absolute Gasteiger partial charge is 0.189 e. The topological polar surface area (TPSA) is 80.9 Å². The molecule has 0 atom stereocenters. The molecule has 0 aliphatic carbocycles. The zero-order valence-electron chi connectivity index (χ0n) is 9.75. The monoisotopic (exact) mass is 260 g/mol. The van der Waals surface area contributed by atoms with E-state index >= 15 is 0 Å². The fourth-order valence-corrected chi connectivity index (χ4v) is 1.75. The molecule has 0 bridgehead atoms. The Labute approximate surface area is 109 Å². The van der Waals surface area contributed by atoms with E-state index in [-0.39, 0.29) is 0 Å². The van der Waals surface area contributed by atoms with Crippen molar-refractivity contribution in [3.05, 3.63) is 36.0 Å². The third-order valence-electron chi connectivity index (χ3n) is 2.25. The standard InChI is InChI=1S/C12H12N4OS/c1-18-12-14-6-8(7-17)11(16-12)15-10-4-2-3-9(13)5-10/h2-7H,13H2,1H3,(H,14,15,16). The van der Waals surface area contributed by atoms with Crippen LogP contribution in [0.15, 0.2) is 35.6 Å². The summed E-state index contributed by atoms with van der Waals surface area (Å²) in [6, 6.07) is 7.25. The number of rotatable bonds is 4. The van der Waals surface area contributed by atoms with Gasteiger partial charge >= 0.3 is 0 Å². The van der Waals surface area contributed by atoms with Crippen molar-refractivity contribution in [2.75, 3.05) is 17.3 Å². The van der Waals surface area contributed by atoms with Crippen LogP contribution in [-0.2, 0) is 0 Å². The molecule has 0 amide bonds. The van der Waals surface area contributed by atoms with Gasteiger partial charge in [-0.15, -0.1) is 0 Å². The van der Waals surface area contributed by atoms with Crippen molar-refractivity contribution in [2.24, 2.45) is 0 Å². The number of carbonyl (C=O) groups is 1. The minimum atomic E-state index is 0.412. The minimum absolute atomic E-state index is 0.412. The maximum absolute atomic E-state index is 10.9. The quantitative estimate of drug-likeness (QED) is 0.380. The molecule has 1 heterocycles. The number of anilines is 3. The predicted octanol–water partition coefficient (Wildman–Crippen LogP) is 2.34. The third-order valence-corrected chi connectivity index (χ3v) is 2.82. The summed E-state index contributed by atoms with van der Waals surface area (Å²) in [6.45, 7) is 0. The first-order valence-corrected chi connectivity index (χ1v) is 6.44. The second kappa shape index (κ2) is 5.50. The molecule has 0 fully saturated rings. The van der Waals surface area contributed by atoms with Crippen molar-refractivity contribution >= 4 is 35.2 Å². The average molecular weight is 260 g/mol. The summed E-state index contributed by atoms with van der Waals surface area (Å²) in [4.78, 5) is 19.2. The molecule has 1 aromatic heterocycles. The second-order valence-electron chi connectivity index (χ2n) is 3.53. The van der Waals surface area contributed by atoms with Crippen LogP contribution in [-0.4, -0.2) is 22.5 Å². The van der Waals surface area contributed by atoms with Gasteiger partial charge in [-0.3, -0.25) is 4.79 Å². The van der Waals surface area contributed by atoms with Gasteiger partial charge in [0.25, 0.3) is 0 Å². The molecule has 18 heavy (non-hydrogen) atoms. The van der Waals surface area contributed by atoms with Gasteiger partial charge in [0.05, 0.1) is 5.56 Å². The van der Waals surface area contributed by atoms with Gasteiger partial charge in [-0.05, 0) is 24.5 Å². The molecule has 0 radical (unpaired) electrons. The van der Waals surface area contributed by atoms with Gasteiger partial charge in [0.15, 0.2) is 11.4 Å². The Kier molecular flexibility index (Phi) is 3.78. The van der Waals surface area contributed by atoms with Gasteiger partial charge in [-0.2, -0.15) is 0 Å². The van der Waals surface area contributed by atoms with Gasteiger partial charge in [-0.25, -0.2) is 9.97 Å². The molecule has 0 saturated carbocycles. The third kappa shape index (κ3) is 2.78. The summed E-state index contributed by atoms with van der Waals surface area (Å²) in [7, 11) is 0. The molecule has 3 N–H and O–H groups in total. The number of nitrogens with zero attached hydrogens (tertiary/aromatic N) is 2. The predicted molar refractivity (Wildman–Crippen MR) is 73.3 cm³/mol. The van der Waals surface area contributed by atoms with Crippen LogP contribution in [0.5, 0.6) is 0 Å². The lowest BCUT2D eigenvalue weighted by Gasteiger charge is -2.08. The number of benzene rings is 1. The second-order valence-corrected chi connectivity index (χ2v) is 4.30. The van der Waals surface area contributed by atoms with E-state index < -0.39 is 0 Å². The highest BCUT2D eigenvalue weighted by atomic mass is 32.2. The van der Waals surface area contributed by atoms with Crippen LogP contribution in [0.4, 0.5) is 17.2 Å². The summed E-state index contributed by atoms with van der Waals surface area (Å²) in [6.07, 6.45) is 4.10. The van der Waals surface area contributed by atoms with Crippen molar-refractivity contribution in [3.8, 4) is 0 Å². The Balaban J connectivity index is 2.35. The van der Waals surface area contributed by atoms with Crippen molar-refractivity contribution in [1.29, 1.82) is 0 Å². The lowest BCUT2D eigenvalue weighted by Crippen LogP contribution is -2.01. The lowest BCUT2D eigenvalue weighted by atomic mass is 10.2. The van der Waals surface area contributed by atoms with E-state index in [4.69, 9.17) is 5.73 Å². The molecule has 0 aliphatic heterocycles. The molecule has 0 unspecified atom stereocenters. The molecule has 2 rings (SSSR count). The van der Waals surface area contributed by atoms with Crippen LogP contribution in [0.3, 0.4) is 0 Å². The number of hydrogen-bond donors (Lipinski definition) is 2. The van der Waals surface area contributed by atoms with Crippen LogP contribution in [0.25, 0.3) is 0 Å². The molecule has 2 aromatic rings. The molecule has 0 spiro atoms. The fourth-order valence-electron chi connectivity index (χ4n) is 1.41. The van der Waals surface area contributed by atoms with E-state index in [0.717, 1.165) is 12.0 Å². The molecule has 5 nitrogen and oxygen atoms in total. The van der Waals surface area contributed by atoms with E-state index in [0.29, 0.717) is 22.2 Å². The number of aldehydes is 1. The first-order chi connectivity index (χ1) is 8.72. The van der Waals surface area contributed by atoms with Gasteiger partial charge < -0.3 is 11.1 Å². The largest absolute Gasteiger partial charge is 0.399 e. The van der Waals surface area contributed by atoms with Crippen LogP contribution >= 0.6 is 11.8 Å². The maximum Gasteiger partial charge on any atom is 0.189 e. The number of hydrogen-bond acceptors (Lipinski definition) is 6. The van der Waals surface area contributed by atoms with Gasteiger partial charge in [0, 0.05) is 17.6 Å². The summed E-state index contributed by atoms with van der Waals surface area (Å²) < 4.78 is 0. The van der Waals surface area contributed by atoms with Crippen LogP contribution in [0, 0.1) is 0 Å². The number of aromatic nitrogens is 2. The minimum Gasteiger partial charge on any atom is -0.399 e. The van der Waals surface area contributed by atoms with Gasteiger partial charge in [0.1, 0.15) is 5.82 Å². The molecular formula is C12H12N4OS. The molecule has 1 aromatic carbocycles. The summed E-state index contributed by atoms with van der Waals surface area (Å²) in [5, 5.41) is 3.67. The van der Waals surface area contributed by atoms with Crippen molar-refractivity contribution in [2.45, 2.75) is 5.16 Å². The Morgan fingerprint density at radius 3 is 2.94 bits per heavy atom. The fraction of sp³-hybridized carbons (Fsp3) is 0.0833. The number of nitrogens with two attached hydrogens (primary N) is 1. The normalized spacial score (nSPS) is 10.1. The Morgan fingerprint density at radius 1 is 1.44 bits per heavy atom. The van der Waals surface area contributed by atoms with Crippen molar-refractivity contribution < 1.29 is 4.79 Å². The number of nitrogens with one attached hydrogen (secondary N) is 1. The van der Waals surface area contributed by atoms with Gasteiger partial charge in [-0.1, -0.05) is 17.8 Å². The van der Waals surface area contributed by atoms with Crippen molar-refractivity contribution in [3.63, 3.8) is 0 Å². The highest BCUT2D eigenvalue weighted by molar-refractivity contribution is 7.98. The number of nitrogen functional groups attached to an aromatic ring is 1. The zero-order valence-corrected chi connectivity index (χ0v) is 10.6. The summed E-state index contributed by atoms with van der Waals surface area (Å²) in [5.74, 6) is 0.481. The maximum atomic E-state index is 10.9. The Morgan fingerprint density at radius 2 is 2.28 bits per heavy atom. The first kappa shape index (κ1) is 12.4. The SMILES string of the molecule is CSc1ncc(C=O)c(Nc2cccc(N)c2)n1. The van der Waals surface area contributed by atoms with Crippen molar-refractivity contribution in [1.82, 2.24) is 9.97 Å². The Bertz CT molecular complexity index is 574. The zero-order chi connectivity index (χ0) is 13.0. The molecule has 0 saturated heterocycles. The van der Waals surface area contributed by atoms with E-state index in [2.05, 4.69) is 15.3 Å². The summed E-state index contributed by atoms with van der Waals surface area (Å²) in [5.41, 5.74) is 7.53. The van der Waals surface area contributed by atoms with E-state index in [9.17, 15) is 4.79 Å². The van der Waals surface area contributed by atoms with Crippen LogP contribution in [0.1, 0.15) is 10.4 Å². The van der Waals surface area contributed by atoms with Gasteiger partial charge in [0.2, 0.25) is 0 Å². The van der Waals surface area contributed by atoms with Crippen LogP contribution in [0.2, 0.25) is 0 Å². The average Bonchev–Trinajstić information content (AvgIpc) is 2.38.